The summed E-state index contributed by atoms with van der Waals surface area (Å²) in [5.74, 6) is 0.951. The summed E-state index contributed by atoms with van der Waals surface area (Å²) in [6.07, 6.45) is 2.44. The largest absolute Gasteiger partial charge is 0.332 e. The SMILES string of the molecule is O=c1cccc(-c2nc(CNC3CC3)no2)[nH]1. The van der Waals surface area contributed by atoms with Gasteiger partial charge in [-0.25, -0.2) is 0 Å². The Kier molecular flexibility index (Phi) is 2.49. The molecule has 6 heteroatoms. The highest BCUT2D eigenvalue weighted by atomic mass is 16.5. The third-order valence-electron chi connectivity index (χ3n) is 2.59. The first-order chi connectivity index (χ1) is 8.31. The first kappa shape index (κ1) is 10.2. The minimum atomic E-state index is -0.182. The summed E-state index contributed by atoms with van der Waals surface area (Å²) in [6, 6.07) is 5.43. The molecular weight excluding hydrogens is 220 g/mol. The van der Waals surface area contributed by atoms with E-state index >= 15 is 0 Å². The molecule has 0 spiro atoms. The number of aromatic nitrogens is 3. The van der Waals surface area contributed by atoms with E-state index in [0.717, 1.165) is 0 Å². The van der Waals surface area contributed by atoms with Gasteiger partial charge in [-0.15, -0.1) is 0 Å². The van der Waals surface area contributed by atoms with Gasteiger partial charge in [-0.05, 0) is 18.9 Å². The molecule has 0 amide bonds. The van der Waals surface area contributed by atoms with E-state index in [2.05, 4.69) is 20.4 Å². The molecule has 3 rings (SSSR count). The number of pyridine rings is 1. The second kappa shape index (κ2) is 4.14. The maximum atomic E-state index is 11.1. The molecule has 0 aromatic carbocycles. The van der Waals surface area contributed by atoms with Gasteiger partial charge in [0.2, 0.25) is 5.56 Å². The number of hydrogen-bond donors (Lipinski definition) is 2. The molecule has 0 aliphatic heterocycles. The average molecular weight is 232 g/mol. The predicted molar refractivity (Wildman–Crippen MR) is 60.2 cm³/mol. The summed E-state index contributed by atoms with van der Waals surface area (Å²) in [6.45, 7) is 0.602. The van der Waals surface area contributed by atoms with Crippen molar-refractivity contribution in [3.05, 3.63) is 34.4 Å². The molecule has 1 saturated carbocycles. The molecule has 0 saturated heterocycles. The van der Waals surface area contributed by atoms with Crippen LogP contribution >= 0.6 is 0 Å². The summed E-state index contributed by atoms with van der Waals surface area (Å²) >= 11 is 0. The first-order valence-corrected chi connectivity index (χ1v) is 5.57. The van der Waals surface area contributed by atoms with E-state index in [0.29, 0.717) is 30.0 Å². The standard InChI is InChI=1S/C11H12N4O2/c16-10-3-1-2-8(13-10)11-14-9(15-17-11)6-12-7-4-5-7/h1-3,7,12H,4-6H2,(H,13,16). The first-order valence-electron chi connectivity index (χ1n) is 5.57. The van der Waals surface area contributed by atoms with E-state index < -0.39 is 0 Å². The number of rotatable bonds is 4. The topological polar surface area (TPSA) is 83.8 Å². The Morgan fingerprint density at radius 1 is 1.47 bits per heavy atom. The van der Waals surface area contributed by atoms with Crippen LogP contribution < -0.4 is 10.9 Å². The maximum Gasteiger partial charge on any atom is 0.274 e. The van der Waals surface area contributed by atoms with Crippen LogP contribution in [-0.4, -0.2) is 21.2 Å². The number of nitrogens with one attached hydrogen (secondary N) is 2. The molecule has 0 atom stereocenters. The quantitative estimate of drug-likeness (QED) is 0.809. The van der Waals surface area contributed by atoms with Crippen LogP contribution in [0.3, 0.4) is 0 Å². The Balaban J connectivity index is 1.76. The van der Waals surface area contributed by atoms with E-state index in [1.54, 1.807) is 12.1 Å². The second-order valence-corrected chi connectivity index (χ2v) is 4.10. The number of nitrogens with zero attached hydrogens (tertiary/aromatic N) is 2. The van der Waals surface area contributed by atoms with Crippen molar-refractivity contribution in [2.24, 2.45) is 0 Å². The molecule has 2 N–H and O–H groups in total. The Bertz CT molecular complexity index is 571. The van der Waals surface area contributed by atoms with E-state index in [1.807, 2.05) is 0 Å². The second-order valence-electron chi connectivity index (χ2n) is 4.10. The lowest BCUT2D eigenvalue weighted by molar-refractivity contribution is 0.418. The molecular formula is C11H12N4O2. The zero-order chi connectivity index (χ0) is 11.7. The summed E-state index contributed by atoms with van der Waals surface area (Å²) in [5.41, 5.74) is 0.362. The zero-order valence-corrected chi connectivity index (χ0v) is 9.14. The van der Waals surface area contributed by atoms with Crippen LogP contribution in [0.2, 0.25) is 0 Å². The van der Waals surface area contributed by atoms with Gasteiger partial charge in [-0.2, -0.15) is 4.98 Å². The third-order valence-corrected chi connectivity index (χ3v) is 2.59. The van der Waals surface area contributed by atoms with Gasteiger partial charge >= 0.3 is 0 Å². The molecule has 0 unspecified atom stereocenters. The molecule has 2 aromatic heterocycles. The van der Waals surface area contributed by atoms with Crippen molar-refractivity contribution in [2.45, 2.75) is 25.4 Å². The normalized spacial score (nSPS) is 15.1. The smallest absolute Gasteiger partial charge is 0.274 e. The van der Waals surface area contributed by atoms with Gasteiger partial charge in [0.05, 0.1) is 6.54 Å². The summed E-state index contributed by atoms with van der Waals surface area (Å²) in [5, 5.41) is 7.14. The van der Waals surface area contributed by atoms with Crippen LogP contribution in [0.15, 0.2) is 27.5 Å². The van der Waals surface area contributed by atoms with Crippen LogP contribution in [0.5, 0.6) is 0 Å². The van der Waals surface area contributed by atoms with E-state index in [1.165, 1.54) is 18.9 Å². The molecule has 1 aliphatic rings. The Morgan fingerprint density at radius 3 is 3.12 bits per heavy atom. The predicted octanol–water partition coefficient (Wildman–Crippen LogP) is 0.677. The van der Waals surface area contributed by atoms with Crippen LogP contribution in [0.4, 0.5) is 0 Å². The van der Waals surface area contributed by atoms with Gasteiger partial charge < -0.3 is 14.8 Å². The molecule has 17 heavy (non-hydrogen) atoms. The lowest BCUT2D eigenvalue weighted by Gasteiger charge is -1.94. The fourth-order valence-electron chi connectivity index (χ4n) is 1.53. The number of H-pyrrole nitrogens is 1. The minimum absolute atomic E-state index is 0.182. The maximum absolute atomic E-state index is 11.1. The van der Waals surface area contributed by atoms with E-state index in [9.17, 15) is 4.79 Å². The molecule has 0 bridgehead atoms. The van der Waals surface area contributed by atoms with Crippen LogP contribution in [-0.2, 0) is 6.54 Å². The monoisotopic (exact) mass is 232 g/mol. The minimum Gasteiger partial charge on any atom is -0.332 e. The van der Waals surface area contributed by atoms with Gasteiger partial charge in [0.1, 0.15) is 5.69 Å². The highest BCUT2D eigenvalue weighted by Crippen LogP contribution is 2.19. The van der Waals surface area contributed by atoms with Gasteiger partial charge in [0.15, 0.2) is 5.82 Å². The fraction of sp³-hybridized carbons (Fsp3) is 0.364. The van der Waals surface area contributed by atoms with Crippen LogP contribution in [0.1, 0.15) is 18.7 Å². The highest BCUT2D eigenvalue weighted by molar-refractivity contribution is 5.45. The zero-order valence-electron chi connectivity index (χ0n) is 9.14. The fourth-order valence-corrected chi connectivity index (χ4v) is 1.53. The van der Waals surface area contributed by atoms with Crippen molar-refractivity contribution >= 4 is 0 Å². The highest BCUT2D eigenvalue weighted by Gasteiger charge is 2.21. The van der Waals surface area contributed by atoms with Crippen LogP contribution in [0.25, 0.3) is 11.6 Å². The Morgan fingerprint density at radius 2 is 2.35 bits per heavy atom. The summed E-state index contributed by atoms with van der Waals surface area (Å²) in [4.78, 5) is 18.0. The molecule has 88 valence electrons. The average Bonchev–Trinajstić information content (AvgIpc) is 3.04. The van der Waals surface area contributed by atoms with E-state index in [4.69, 9.17) is 4.52 Å². The molecule has 2 aromatic rings. The van der Waals surface area contributed by atoms with Crippen molar-refractivity contribution in [1.82, 2.24) is 20.4 Å². The van der Waals surface area contributed by atoms with Gasteiger partial charge in [0.25, 0.3) is 5.89 Å². The molecule has 1 aliphatic carbocycles. The van der Waals surface area contributed by atoms with Crippen molar-refractivity contribution in [3.63, 3.8) is 0 Å². The third kappa shape index (κ3) is 2.42. The van der Waals surface area contributed by atoms with Crippen molar-refractivity contribution in [2.75, 3.05) is 0 Å². The molecule has 6 nitrogen and oxygen atoms in total. The summed E-state index contributed by atoms with van der Waals surface area (Å²) < 4.78 is 5.09. The summed E-state index contributed by atoms with van der Waals surface area (Å²) in [7, 11) is 0. The number of hydrogen-bond acceptors (Lipinski definition) is 5. The number of aromatic amines is 1. The molecule has 2 heterocycles. The van der Waals surface area contributed by atoms with Gasteiger partial charge in [-0.1, -0.05) is 11.2 Å². The van der Waals surface area contributed by atoms with Gasteiger partial charge in [-0.3, -0.25) is 4.79 Å². The Hall–Kier alpha value is -1.95. The van der Waals surface area contributed by atoms with Crippen molar-refractivity contribution in [3.8, 4) is 11.6 Å². The Labute approximate surface area is 97.1 Å². The molecule has 1 fully saturated rings. The van der Waals surface area contributed by atoms with Crippen molar-refractivity contribution < 1.29 is 4.52 Å². The lowest BCUT2D eigenvalue weighted by Crippen LogP contribution is -2.16. The van der Waals surface area contributed by atoms with Crippen molar-refractivity contribution in [1.29, 1.82) is 0 Å². The van der Waals surface area contributed by atoms with Crippen LogP contribution in [0, 0.1) is 0 Å². The van der Waals surface area contributed by atoms with Gasteiger partial charge in [0, 0.05) is 12.1 Å². The lowest BCUT2D eigenvalue weighted by atomic mass is 10.3. The van der Waals surface area contributed by atoms with E-state index in [-0.39, 0.29) is 5.56 Å². The molecule has 0 radical (unpaired) electrons.